The lowest BCUT2D eigenvalue weighted by Gasteiger charge is -2.06. The van der Waals surface area contributed by atoms with E-state index in [1.54, 1.807) is 23.7 Å². The quantitative estimate of drug-likeness (QED) is 0.404. The van der Waals surface area contributed by atoms with E-state index in [-0.39, 0.29) is 17.6 Å². The van der Waals surface area contributed by atoms with E-state index in [2.05, 4.69) is 28.3 Å². The van der Waals surface area contributed by atoms with Gasteiger partial charge in [0.05, 0.1) is 11.7 Å². The highest BCUT2D eigenvalue weighted by Crippen LogP contribution is 2.34. The fourth-order valence-corrected chi connectivity index (χ4v) is 4.85. The summed E-state index contributed by atoms with van der Waals surface area (Å²) in [6.07, 6.45) is 2.52. The Morgan fingerprint density at radius 3 is 2.96 bits per heavy atom. The second kappa shape index (κ2) is 6.81. The molecule has 1 atom stereocenters. The highest BCUT2D eigenvalue weighted by Gasteiger charge is 2.27. The summed E-state index contributed by atoms with van der Waals surface area (Å²) in [6, 6.07) is 7.52. The molecule has 3 heterocycles. The molecule has 5 nitrogen and oxygen atoms in total. The van der Waals surface area contributed by atoms with E-state index in [0.29, 0.717) is 11.3 Å². The van der Waals surface area contributed by atoms with Crippen molar-refractivity contribution in [3.05, 3.63) is 46.6 Å². The van der Waals surface area contributed by atoms with Crippen molar-refractivity contribution in [2.45, 2.75) is 31.2 Å². The molecule has 0 spiro atoms. The van der Waals surface area contributed by atoms with Crippen LogP contribution in [0.25, 0.3) is 10.2 Å². The van der Waals surface area contributed by atoms with E-state index in [1.165, 1.54) is 16.6 Å². The van der Waals surface area contributed by atoms with Gasteiger partial charge in [-0.25, -0.2) is 9.97 Å². The molecule has 3 aromatic rings. The van der Waals surface area contributed by atoms with Gasteiger partial charge in [0.2, 0.25) is 5.91 Å². The van der Waals surface area contributed by atoms with Crippen LogP contribution in [0.3, 0.4) is 0 Å². The first kappa shape index (κ1) is 17.2. The van der Waals surface area contributed by atoms with Crippen molar-refractivity contribution in [2.75, 3.05) is 11.1 Å². The molecule has 1 aromatic carbocycles. The van der Waals surface area contributed by atoms with E-state index in [9.17, 15) is 9.59 Å². The number of aryl methyl sites for hydroxylation is 1. The van der Waals surface area contributed by atoms with Crippen LogP contribution < -0.4 is 5.32 Å². The Balaban J connectivity index is 1.53. The summed E-state index contributed by atoms with van der Waals surface area (Å²) in [5.41, 5.74) is 2.32. The van der Waals surface area contributed by atoms with Crippen molar-refractivity contribution in [3.8, 4) is 0 Å². The van der Waals surface area contributed by atoms with Gasteiger partial charge in [0.1, 0.15) is 16.2 Å². The highest BCUT2D eigenvalue weighted by molar-refractivity contribution is 8.00. The number of Topliss-reactive ketones (excluding diaryl/α,β-unsaturated/α-hetero) is 1. The lowest BCUT2D eigenvalue weighted by molar-refractivity contribution is -0.116. The Labute approximate surface area is 159 Å². The Morgan fingerprint density at radius 1 is 1.31 bits per heavy atom. The van der Waals surface area contributed by atoms with E-state index in [0.717, 1.165) is 32.9 Å². The molecule has 26 heavy (non-hydrogen) atoms. The Hall–Kier alpha value is -2.25. The fraction of sp³-hybridized carbons (Fsp3) is 0.263. The zero-order valence-corrected chi connectivity index (χ0v) is 16.0. The number of carbonyl (C=O) groups is 2. The number of nitrogens with one attached hydrogen (secondary N) is 1. The molecule has 1 aliphatic heterocycles. The highest BCUT2D eigenvalue weighted by atomic mass is 32.2. The molecule has 7 heteroatoms. The number of anilines is 1. The maximum absolute atomic E-state index is 12.6. The number of thiophene rings is 1. The second-order valence-corrected chi connectivity index (χ2v) is 8.27. The summed E-state index contributed by atoms with van der Waals surface area (Å²) in [6.45, 7) is 3.96. The van der Waals surface area contributed by atoms with Gasteiger partial charge < -0.3 is 5.32 Å². The van der Waals surface area contributed by atoms with Crippen LogP contribution in [-0.2, 0) is 11.2 Å². The van der Waals surface area contributed by atoms with Crippen molar-refractivity contribution in [2.24, 2.45) is 0 Å². The fourth-order valence-electron chi connectivity index (χ4n) is 2.98. The van der Waals surface area contributed by atoms with Crippen molar-refractivity contribution in [3.63, 3.8) is 0 Å². The number of ketones is 1. The van der Waals surface area contributed by atoms with Crippen LogP contribution in [0.1, 0.15) is 40.6 Å². The third-order valence-electron chi connectivity index (χ3n) is 4.52. The van der Waals surface area contributed by atoms with Gasteiger partial charge in [-0.15, -0.1) is 11.3 Å². The smallest absolute Gasteiger partial charge is 0.231 e. The molecule has 2 aromatic heterocycles. The van der Waals surface area contributed by atoms with Gasteiger partial charge in [0, 0.05) is 21.5 Å². The van der Waals surface area contributed by atoms with Crippen LogP contribution >= 0.6 is 23.1 Å². The summed E-state index contributed by atoms with van der Waals surface area (Å²) < 4.78 is 0. The maximum atomic E-state index is 12.6. The molecule has 0 aliphatic carbocycles. The van der Waals surface area contributed by atoms with Crippen LogP contribution in [0, 0.1) is 0 Å². The maximum Gasteiger partial charge on any atom is 0.231 e. The van der Waals surface area contributed by atoms with Crippen molar-refractivity contribution in [1.29, 1.82) is 0 Å². The summed E-state index contributed by atoms with van der Waals surface area (Å²) in [7, 11) is 0. The van der Waals surface area contributed by atoms with Crippen LogP contribution in [0.5, 0.6) is 0 Å². The van der Waals surface area contributed by atoms with E-state index in [4.69, 9.17) is 0 Å². The average molecular weight is 383 g/mol. The molecule has 0 fully saturated rings. The number of rotatable bonds is 5. The first-order valence-electron chi connectivity index (χ1n) is 8.41. The minimum atomic E-state index is -0.217. The number of thioether (sulfide) groups is 1. The number of nitrogens with zero attached hydrogens (tertiary/aromatic N) is 2. The van der Waals surface area contributed by atoms with E-state index in [1.807, 2.05) is 19.1 Å². The summed E-state index contributed by atoms with van der Waals surface area (Å²) in [4.78, 5) is 35.3. The predicted molar refractivity (Wildman–Crippen MR) is 105 cm³/mol. The van der Waals surface area contributed by atoms with Crippen LogP contribution in [0.2, 0.25) is 0 Å². The van der Waals surface area contributed by atoms with Gasteiger partial charge in [-0.1, -0.05) is 18.7 Å². The zero-order chi connectivity index (χ0) is 18.3. The Morgan fingerprint density at radius 2 is 2.15 bits per heavy atom. The van der Waals surface area contributed by atoms with Crippen molar-refractivity contribution in [1.82, 2.24) is 9.97 Å². The predicted octanol–water partition coefficient (Wildman–Crippen LogP) is 4.28. The van der Waals surface area contributed by atoms with E-state index >= 15 is 0 Å². The molecule has 132 valence electrons. The average Bonchev–Trinajstić information content (AvgIpc) is 3.20. The third-order valence-corrected chi connectivity index (χ3v) is 6.72. The van der Waals surface area contributed by atoms with Crippen LogP contribution in [0.4, 0.5) is 5.69 Å². The molecule has 0 unspecified atom stereocenters. The number of amides is 1. The SMILES string of the molecule is CCc1cc2c(SCC(=O)c3ccc4c(c3)[C@H](C)C(=O)N4)ncnc2s1. The largest absolute Gasteiger partial charge is 0.325 e. The number of benzene rings is 1. The molecule has 0 bridgehead atoms. The van der Waals surface area contributed by atoms with Gasteiger partial charge >= 0.3 is 0 Å². The van der Waals surface area contributed by atoms with Crippen molar-refractivity contribution >= 4 is 50.7 Å². The first-order chi connectivity index (χ1) is 12.6. The van der Waals surface area contributed by atoms with Gasteiger partial charge in [0.15, 0.2) is 5.78 Å². The number of hydrogen-bond acceptors (Lipinski definition) is 6. The normalized spacial score (nSPS) is 15.9. The van der Waals surface area contributed by atoms with Gasteiger partial charge in [-0.05, 0) is 43.2 Å². The minimum Gasteiger partial charge on any atom is -0.325 e. The summed E-state index contributed by atoms with van der Waals surface area (Å²) in [5, 5.41) is 4.68. The molecule has 4 rings (SSSR count). The number of aromatic nitrogens is 2. The molecule has 1 aliphatic rings. The van der Waals surface area contributed by atoms with Gasteiger partial charge in [0.25, 0.3) is 0 Å². The number of fused-ring (bicyclic) bond motifs is 2. The lowest BCUT2D eigenvalue weighted by Crippen LogP contribution is -2.08. The first-order valence-corrected chi connectivity index (χ1v) is 10.2. The molecule has 1 amide bonds. The third kappa shape index (κ3) is 3.01. The monoisotopic (exact) mass is 383 g/mol. The molecule has 0 radical (unpaired) electrons. The van der Waals surface area contributed by atoms with Gasteiger partial charge in [-0.3, -0.25) is 9.59 Å². The van der Waals surface area contributed by atoms with Crippen molar-refractivity contribution < 1.29 is 9.59 Å². The zero-order valence-electron chi connectivity index (χ0n) is 14.4. The number of hydrogen-bond donors (Lipinski definition) is 1. The van der Waals surface area contributed by atoms with Crippen LogP contribution in [-0.4, -0.2) is 27.4 Å². The summed E-state index contributed by atoms with van der Waals surface area (Å²) in [5.74, 6) is 0.0940. The summed E-state index contributed by atoms with van der Waals surface area (Å²) >= 11 is 3.10. The lowest BCUT2D eigenvalue weighted by atomic mass is 9.99. The standard InChI is InChI=1S/C19H17N3O2S2/c1-3-12-7-14-18(20-9-21-19(14)26-12)25-8-16(23)11-4-5-15-13(6-11)10(2)17(24)22-15/h4-7,9-10H,3,8H2,1-2H3,(H,22,24)/t10-/m0/s1. The Bertz CT molecular complexity index is 1030. The minimum absolute atomic E-state index is 0.0217. The molecule has 0 saturated heterocycles. The van der Waals surface area contributed by atoms with Crippen LogP contribution in [0.15, 0.2) is 35.6 Å². The second-order valence-electron chi connectivity index (χ2n) is 6.19. The molecular weight excluding hydrogens is 366 g/mol. The van der Waals surface area contributed by atoms with E-state index < -0.39 is 0 Å². The molecular formula is C19H17N3O2S2. The molecule has 0 saturated carbocycles. The molecule has 1 N–H and O–H groups in total. The Kier molecular flexibility index (Phi) is 4.50. The topological polar surface area (TPSA) is 72.0 Å². The van der Waals surface area contributed by atoms with Gasteiger partial charge in [-0.2, -0.15) is 0 Å². The number of carbonyl (C=O) groups excluding carboxylic acids is 2.